The molecule has 5 nitrogen and oxygen atoms in total. The molecular formula is C26H28Cl2N4O. The fraction of sp³-hybridized carbons (Fsp3) is 0.385. The lowest BCUT2D eigenvalue weighted by atomic mass is 9.95. The van der Waals surface area contributed by atoms with E-state index in [-0.39, 0.29) is 11.9 Å². The van der Waals surface area contributed by atoms with Gasteiger partial charge >= 0.3 is 0 Å². The molecule has 1 N–H and O–H groups in total. The van der Waals surface area contributed by atoms with Gasteiger partial charge in [0.2, 0.25) is 5.91 Å². The summed E-state index contributed by atoms with van der Waals surface area (Å²) in [5.74, 6) is 0.220. The molecule has 0 radical (unpaired) electrons. The molecule has 2 aliphatic heterocycles. The predicted molar refractivity (Wildman–Crippen MR) is 135 cm³/mol. The third-order valence-corrected chi connectivity index (χ3v) is 7.65. The Morgan fingerprint density at radius 3 is 2.76 bits per heavy atom. The van der Waals surface area contributed by atoms with E-state index in [1.807, 2.05) is 34.8 Å². The molecule has 33 heavy (non-hydrogen) atoms. The lowest BCUT2D eigenvalue weighted by molar-refractivity contribution is -0.136. The van der Waals surface area contributed by atoms with Gasteiger partial charge in [0.05, 0.1) is 23.3 Å². The van der Waals surface area contributed by atoms with Gasteiger partial charge in [0.15, 0.2) is 0 Å². The predicted octanol–water partition coefficient (Wildman–Crippen LogP) is 5.71. The molecule has 1 unspecified atom stereocenters. The summed E-state index contributed by atoms with van der Waals surface area (Å²) in [4.78, 5) is 15.0. The van der Waals surface area contributed by atoms with E-state index >= 15 is 0 Å². The van der Waals surface area contributed by atoms with Crippen molar-refractivity contribution >= 4 is 45.6 Å². The van der Waals surface area contributed by atoms with Gasteiger partial charge in [0.1, 0.15) is 0 Å². The number of fused-ring (bicyclic) bond motifs is 1. The first-order chi connectivity index (χ1) is 15.9. The third-order valence-electron chi connectivity index (χ3n) is 7.09. The van der Waals surface area contributed by atoms with Crippen molar-refractivity contribution in [1.82, 2.24) is 20.0 Å². The maximum Gasteiger partial charge on any atom is 0.242 e. The average molecular weight is 483 g/mol. The van der Waals surface area contributed by atoms with Crippen molar-refractivity contribution in [2.24, 2.45) is 0 Å². The first-order valence-corrected chi connectivity index (χ1v) is 12.3. The van der Waals surface area contributed by atoms with Crippen LogP contribution in [0, 0.1) is 0 Å². The normalized spacial score (nSPS) is 21.9. The van der Waals surface area contributed by atoms with Gasteiger partial charge in [-0.2, -0.15) is 5.10 Å². The van der Waals surface area contributed by atoms with Crippen molar-refractivity contribution in [2.75, 3.05) is 19.6 Å². The summed E-state index contributed by atoms with van der Waals surface area (Å²) < 4.78 is 2.01. The number of benzene rings is 2. The molecule has 2 aromatic carbocycles. The van der Waals surface area contributed by atoms with Crippen molar-refractivity contribution in [3.05, 3.63) is 69.8 Å². The lowest BCUT2D eigenvalue weighted by Gasteiger charge is -2.34. The molecule has 3 heterocycles. The highest BCUT2D eigenvalue weighted by molar-refractivity contribution is 6.35. The molecule has 2 aliphatic rings. The summed E-state index contributed by atoms with van der Waals surface area (Å²) in [6, 6.07) is 12.0. The van der Waals surface area contributed by atoms with Crippen LogP contribution in [0.4, 0.5) is 0 Å². The number of nitrogens with one attached hydrogen (secondary N) is 1. The van der Waals surface area contributed by atoms with Gasteiger partial charge in [-0.05, 0) is 74.6 Å². The minimum Gasteiger partial charge on any atom is -0.337 e. The zero-order valence-electron chi connectivity index (χ0n) is 18.9. The standard InChI is InChI=1S/C26H28Cl2N4O/c1-17(22-7-6-21(27)15-23(22)28)32-24-14-19(4-5-20(24)16-30-32)18-8-12-31(13-9-18)25(33)26(2)10-3-11-29-26/h4-8,14-17,29H,3,9-13H2,1-2H3/t17-,26?/m1/s1. The number of rotatable bonds is 4. The van der Waals surface area contributed by atoms with Gasteiger partial charge in [0, 0.05) is 28.5 Å². The second kappa shape index (κ2) is 8.79. The van der Waals surface area contributed by atoms with Crippen molar-refractivity contribution in [1.29, 1.82) is 0 Å². The Morgan fingerprint density at radius 1 is 1.21 bits per heavy atom. The Balaban J connectivity index is 1.40. The highest BCUT2D eigenvalue weighted by Crippen LogP contribution is 2.32. The number of hydrogen-bond donors (Lipinski definition) is 1. The number of carbonyl (C=O) groups excluding carboxylic acids is 1. The number of nitrogens with zero attached hydrogens (tertiary/aromatic N) is 3. The minimum absolute atomic E-state index is 0.0318. The van der Waals surface area contributed by atoms with E-state index in [0.717, 1.165) is 48.8 Å². The molecule has 0 bridgehead atoms. The van der Waals surface area contributed by atoms with Gasteiger partial charge in [-0.1, -0.05) is 47.5 Å². The molecule has 0 aliphatic carbocycles. The molecule has 3 aromatic rings. The third kappa shape index (κ3) is 4.18. The Morgan fingerprint density at radius 2 is 2.06 bits per heavy atom. The Hall–Kier alpha value is -2.34. The summed E-state index contributed by atoms with van der Waals surface area (Å²) in [6.07, 6.45) is 6.91. The summed E-state index contributed by atoms with van der Waals surface area (Å²) >= 11 is 12.6. The van der Waals surface area contributed by atoms with Crippen LogP contribution in [0.1, 0.15) is 50.3 Å². The summed E-state index contributed by atoms with van der Waals surface area (Å²) in [5, 5.41) is 10.4. The second-order valence-corrected chi connectivity index (χ2v) is 10.1. The van der Waals surface area contributed by atoms with Gasteiger partial charge in [-0.25, -0.2) is 0 Å². The van der Waals surface area contributed by atoms with Gasteiger partial charge < -0.3 is 10.2 Å². The number of amides is 1. The van der Waals surface area contributed by atoms with Crippen molar-refractivity contribution in [3.8, 4) is 0 Å². The summed E-state index contributed by atoms with van der Waals surface area (Å²) in [6.45, 7) is 6.44. The maximum atomic E-state index is 13.0. The monoisotopic (exact) mass is 482 g/mol. The molecule has 172 valence electrons. The van der Waals surface area contributed by atoms with E-state index in [2.05, 4.69) is 41.6 Å². The molecular weight excluding hydrogens is 455 g/mol. The van der Waals surface area contributed by atoms with E-state index in [1.165, 1.54) is 11.1 Å². The lowest BCUT2D eigenvalue weighted by Crippen LogP contribution is -2.53. The van der Waals surface area contributed by atoms with E-state index in [4.69, 9.17) is 23.2 Å². The highest BCUT2D eigenvalue weighted by atomic mass is 35.5. The molecule has 1 saturated heterocycles. The van der Waals surface area contributed by atoms with Crippen LogP contribution in [0.25, 0.3) is 16.5 Å². The number of hydrogen-bond acceptors (Lipinski definition) is 3. The van der Waals surface area contributed by atoms with Crippen LogP contribution in [0.5, 0.6) is 0 Å². The number of aromatic nitrogens is 2. The fourth-order valence-electron chi connectivity index (χ4n) is 5.06. The molecule has 1 aromatic heterocycles. The zero-order chi connectivity index (χ0) is 23.2. The van der Waals surface area contributed by atoms with Crippen LogP contribution in [0.3, 0.4) is 0 Å². The summed E-state index contributed by atoms with van der Waals surface area (Å²) in [5.41, 5.74) is 4.09. The van der Waals surface area contributed by atoms with Crippen LogP contribution < -0.4 is 5.32 Å². The van der Waals surface area contributed by atoms with Crippen molar-refractivity contribution in [2.45, 2.75) is 44.7 Å². The van der Waals surface area contributed by atoms with Crippen LogP contribution in [0.15, 0.2) is 48.7 Å². The quantitative estimate of drug-likeness (QED) is 0.517. The largest absolute Gasteiger partial charge is 0.337 e. The molecule has 0 spiro atoms. The molecule has 0 saturated carbocycles. The minimum atomic E-state index is -0.407. The van der Waals surface area contributed by atoms with Crippen LogP contribution in [0.2, 0.25) is 10.0 Å². The number of halogens is 2. The van der Waals surface area contributed by atoms with E-state index < -0.39 is 5.54 Å². The molecule has 2 atom stereocenters. The first kappa shape index (κ1) is 22.5. The maximum absolute atomic E-state index is 13.0. The molecule has 1 amide bonds. The molecule has 1 fully saturated rings. The second-order valence-electron chi connectivity index (χ2n) is 9.30. The van der Waals surface area contributed by atoms with E-state index in [1.54, 1.807) is 6.07 Å². The zero-order valence-corrected chi connectivity index (χ0v) is 20.5. The summed E-state index contributed by atoms with van der Waals surface area (Å²) in [7, 11) is 0. The van der Waals surface area contributed by atoms with Crippen molar-refractivity contribution < 1.29 is 4.79 Å². The highest BCUT2D eigenvalue weighted by Gasteiger charge is 2.39. The Kier molecular flexibility index (Phi) is 5.98. The average Bonchev–Trinajstić information content (AvgIpc) is 3.45. The van der Waals surface area contributed by atoms with Crippen LogP contribution in [-0.4, -0.2) is 45.8 Å². The Labute approximate surface area is 204 Å². The topological polar surface area (TPSA) is 50.2 Å². The van der Waals surface area contributed by atoms with Gasteiger partial charge in [-0.3, -0.25) is 9.48 Å². The smallest absolute Gasteiger partial charge is 0.242 e. The van der Waals surface area contributed by atoms with Crippen LogP contribution >= 0.6 is 23.2 Å². The van der Waals surface area contributed by atoms with Gasteiger partial charge in [-0.15, -0.1) is 0 Å². The Bertz CT molecular complexity index is 1240. The van der Waals surface area contributed by atoms with E-state index in [0.29, 0.717) is 16.6 Å². The molecule has 5 rings (SSSR count). The number of carbonyl (C=O) groups is 1. The van der Waals surface area contributed by atoms with Gasteiger partial charge in [0.25, 0.3) is 0 Å². The first-order valence-electron chi connectivity index (χ1n) is 11.5. The van der Waals surface area contributed by atoms with Crippen molar-refractivity contribution in [3.63, 3.8) is 0 Å². The van der Waals surface area contributed by atoms with Crippen LogP contribution in [-0.2, 0) is 4.79 Å². The fourth-order valence-corrected chi connectivity index (χ4v) is 5.63. The van der Waals surface area contributed by atoms with E-state index in [9.17, 15) is 4.79 Å². The SMILES string of the molecule is C[C@H](c1ccc(Cl)cc1Cl)n1ncc2ccc(C3=CCN(C(=O)C4(C)CCCN4)CC3)cc21. The molecule has 7 heteroatoms.